The van der Waals surface area contributed by atoms with Gasteiger partial charge in [-0.1, -0.05) is 0 Å². The Morgan fingerprint density at radius 3 is 2.62 bits per heavy atom. The highest BCUT2D eigenvalue weighted by molar-refractivity contribution is 7.99. The van der Waals surface area contributed by atoms with E-state index in [9.17, 15) is 18.0 Å². The summed E-state index contributed by atoms with van der Waals surface area (Å²) in [7, 11) is 0. The van der Waals surface area contributed by atoms with E-state index >= 15 is 0 Å². The van der Waals surface area contributed by atoms with Gasteiger partial charge < -0.3 is 0 Å². The first-order chi connectivity index (χ1) is 7.34. The van der Waals surface area contributed by atoms with Gasteiger partial charge in [-0.3, -0.25) is 15.2 Å². The van der Waals surface area contributed by atoms with E-state index in [1.807, 2.05) is 0 Å². The standard InChI is InChI=1S/C7H9F3N4OS/c1-3(16-2)4(15)11-6-12-5(13-14-6)7(8,9)10/h3H,1-2H3,(H2,11,12,13,14,15)/t3-/m1/s1. The van der Waals surface area contributed by atoms with Crippen LogP contribution in [0.15, 0.2) is 0 Å². The van der Waals surface area contributed by atoms with Crippen LogP contribution in [0.5, 0.6) is 0 Å². The molecule has 0 aliphatic carbocycles. The topological polar surface area (TPSA) is 70.7 Å². The molecule has 0 unspecified atom stereocenters. The number of alkyl halides is 3. The number of hydrogen-bond acceptors (Lipinski definition) is 4. The largest absolute Gasteiger partial charge is 0.451 e. The van der Waals surface area contributed by atoms with E-state index in [1.54, 1.807) is 18.3 Å². The number of nitrogens with zero attached hydrogens (tertiary/aromatic N) is 2. The molecule has 0 aliphatic rings. The molecule has 2 N–H and O–H groups in total. The minimum absolute atomic E-state index is 0.377. The molecule has 0 aliphatic heterocycles. The number of carbonyl (C=O) groups is 1. The minimum Gasteiger partial charge on any atom is -0.292 e. The van der Waals surface area contributed by atoms with Gasteiger partial charge in [0.1, 0.15) is 0 Å². The first kappa shape index (κ1) is 12.8. The van der Waals surface area contributed by atoms with E-state index in [2.05, 4.69) is 15.4 Å². The summed E-state index contributed by atoms with van der Waals surface area (Å²) in [6.07, 6.45) is -2.88. The number of halogens is 3. The Hall–Kier alpha value is -1.25. The molecular formula is C7H9F3N4OS. The number of aromatic nitrogens is 3. The molecule has 16 heavy (non-hydrogen) atoms. The average molecular weight is 254 g/mol. The third kappa shape index (κ3) is 3.12. The van der Waals surface area contributed by atoms with Crippen LogP contribution in [0.1, 0.15) is 12.7 Å². The number of H-pyrrole nitrogens is 1. The number of hydrogen-bond donors (Lipinski definition) is 2. The van der Waals surface area contributed by atoms with Crippen molar-refractivity contribution in [1.82, 2.24) is 15.2 Å². The molecule has 0 aromatic carbocycles. The molecule has 0 spiro atoms. The van der Waals surface area contributed by atoms with Crippen molar-refractivity contribution >= 4 is 23.6 Å². The first-order valence-electron chi connectivity index (χ1n) is 4.18. The van der Waals surface area contributed by atoms with Gasteiger partial charge in [0.05, 0.1) is 5.25 Å². The Bertz CT molecular complexity index is 378. The van der Waals surface area contributed by atoms with Crippen molar-refractivity contribution < 1.29 is 18.0 Å². The molecule has 0 fully saturated rings. The molecule has 0 saturated carbocycles. The van der Waals surface area contributed by atoms with Crippen molar-refractivity contribution in [3.05, 3.63) is 5.82 Å². The molecule has 0 bridgehead atoms. The number of thioether (sulfide) groups is 1. The molecule has 5 nitrogen and oxygen atoms in total. The maximum Gasteiger partial charge on any atom is 0.451 e. The molecule has 1 atom stereocenters. The molecule has 1 aromatic rings. The predicted octanol–water partition coefficient (Wildman–Crippen LogP) is 1.51. The van der Waals surface area contributed by atoms with Crippen LogP contribution < -0.4 is 5.32 Å². The fourth-order valence-electron chi connectivity index (χ4n) is 0.763. The maximum absolute atomic E-state index is 12.1. The van der Waals surface area contributed by atoms with Crippen LogP contribution in [0.25, 0.3) is 0 Å². The normalized spacial score (nSPS) is 13.6. The Kier molecular flexibility index (Phi) is 3.79. The molecule has 1 amide bonds. The molecule has 1 rings (SSSR count). The monoisotopic (exact) mass is 254 g/mol. The predicted molar refractivity (Wildman–Crippen MR) is 53.0 cm³/mol. The average Bonchev–Trinajstić information content (AvgIpc) is 2.64. The van der Waals surface area contributed by atoms with E-state index in [4.69, 9.17) is 0 Å². The van der Waals surface area contributed by atoms with Crippen molar-refractivity contribution in [1.29, 1.82) is 0 Å². The molecular weight excluding hydrogens is 245 g/mol. The lowest BCUT2D eigenvalue weighted by molar-refractivity contribution is -0.144. The molecule has 1 heterocycles. The second-order valence-corrected chi connectivity index (χ2v) is 4.05. The third-order valence-corrected chi connectivity index (χ3v) is 2.63. The lowest BCUT2D eigenvalue weighted by Gasteiger charge is -2.05. The smallest absolute Gasteiger partial charge is 0.292 e. The zero-order valence-corrected chi connectivity index (χ0v) is 9.24. The van der Waals surface area contributed by atoms with E-state index in [1.165, 1.54) is 11.8 Å². The number of anilines is 1. The van der Waals surface area contributed by atoms with Gasteiger partial charge in [-0.05, 0) is 13.2 Å². The van der Waals surface area contributed by atoms with E-state index in [-0.39, 0.29) is 11.2 Å². The van der Waals surface area contributed by atoms with Crippen molar-refractivity contribution in [2.24, 2.45) is 0 Å². The second-order valence-electron chi connectivity index (χ2n) is 2.87. The molecule has 90 valence electrons. The SMILES string of the molecule is CS[C@H](C)C(=O)Nc1n[nH]c(C(F)(F)F)n1. The van der Waals surface area contributed by atoms with E-state index in [0.717, 1.165) is 0 Å². The van der Waals surface area contributed by atoms with Crippen LogP contribution in [0.4, 0.5) is 19.1 Å². The highest BCUT2D eigenvalue weighted by Crippen LogP contribution is 2.26. The maximum atomic E-state index is 12.1. The van der Waals surface area contributed by atoms with Gasteiger partial charge in [0.25, 0.3) is 0 Å². The minimum atomic E-state index is -4.60. The zero-order valence-electron chi connectivity index (χ0n) is 8.42. The fourth-order valence-corrected chi connectivity index (χ4v) is 1.04. The Morgan fingerprint density at radius 2 is 2.19 bits per heavy atom. The van der Waals surface area contributed by atoms with Crippen LogP contribution in [0.3, 0.4) is 0 Å². The van der Waals surface area contributed by atoms with Gasteiger partial charge in [0, 0.05) is 0 Å². The molecule has 0 radical (unpaired) electrons. The second kappa shape index (κ2) is 4.73. The summed E-state index contributed by atoms with van der Waals surface area (Å²) in [4.78, 5) is 14.4. The number of carbonyl (C=O) groups excluding carboxylic acids is 1. The van der Waals surface area contributed by atoms with Crippen molar-refractivity contribution in [3.8, 4) is 0 Å². The van der Waals surface area contributed by atoms with Gasteiger partial charge in [-0.15, -0.1) is 5.10 Å². The summed E-state index contributed by atoms with van der Waals surface area (Å²) in [6, 6.07) is 0. The summed E-state index contributed by atoms with van der Waals surface area (Å²) < 4.78 is 36.3. The van der Waals surface area contributed by atoms with E-state index in [0.29, 0.717) is 0 Å². The fraction of sp³-hybridized carbons (Fsp3) is 0.571. The van der Waals surface area contributed by atoms with Crippen LogP contribution in [-0.2, 0) is 11.0 Å². The zero-order chi connectivity index (χ0) is 12.3. The summed E-state index contributed by atoms with van der Waals surface area (Å²) in [5.41, 5.74) is 0. The van der Waals surface area contributed by atoms with Gasteiger partial charge in [-0.25, -0.2) is 0 Å². The summed E-state index contributed by atoms with van der Waals surface area (Å²) in [5, 5.41) is 6.73. The lowest BCUT2D eigenvalue weighted by Crippen LogP contribution is -2.22. The number of aromatic amines is 1. The van der Waals surface area contributed by atoms with Gasteiger partial charge in [-0.2, -0.15) is 29.9 Å². The quantitative estimate of drug-likeness (QED) is 0.857. The van der Waals surface area contributed by atoms with Crippen LogP contribution in [0.2, 0.25) is 0 Å². The van der Waals surface area contributed by atoms with Crippen molar-refractivity contribution in [3.63, 3.8) is 0 Å². The third-order valence-electron chi connectivity index (χ3n) is 1.71. The summed E-state index contributed by atoms with van der Waals surface area (Å²) >= 11 is 1.26. The van der Waals surface area contributed by atoms with Gasteiger partial charge in [0.15, 0.2) is 0 Å². The highest BCUT2D eigenvalue weighted by Gasteiger charge is 2.35. The van der Waals surface area contributed by atoms with Crippen LogP contribution in [0, 0.1) is 0 Å². The highest BCUT2D eigenvalue weighted by atomic mass is 32.2. The molecule has 1 aromatic heterocycles. The number of amides is 1. The Labute approximate surface area is 93.2 Å². The lowest BCUT2D eigenvalue weighted by atomic mass is 10.4. The van der Waals surface area contributed by atoms with Gasteiger partial charge >= 0.3 is 6.18 Å². The summed E-state index contributed by atoms with van der Waals surface area (Å²) in [6.45, 7) is 1.62. The Balaban J connectivity index is 2.70. The van der Waals surface area contributed by atoms with Gasteiger partial charge in [0.2, 0.25) is 17.7 Å². The number of rotatable bonds is 3. The van der Waals surface area contributed by atoms with Crippen LogP contribution in [-0.4, -0.2) is 32.6 Å². The molecule has 9 heteroatoms. The first-order valence-corrected chi connectivity index (χ1v) is 5.46. The Morgan fingerprint density at radius 1 is 1.56 bits per heavy atom. The van der Waals surface area contributed by atoms with Crippen molar-refractivity contribution in [2.75, 3.05) is 11.6 Å². The van der Waals surface area contributed by atoms with Crippen LogP contribution >= 0.6 is 11.8 Å². The number of nitrogens with one attached hydrogen (secondary N) is 2. The summed E-state index contributed by atoms with van der Waals surface area (Å²) in [5.74, 6) is -2.06. The van der Waals surface area contributed by atoms with Crippen molar-refractivity contribution in [2.45, 2.75) is 18.3 Å². The van der Waals surface area contributed by atoms with E-state index < -0.39 is 17.9 Å². The molecule has 0 saturated heterocycles.